The van der Waals surface area contributed by atoms with Gasteiger partial charge in [0.1, 0.15) is 0 Å². The standard InChI is InChI=1S/C16H22N4O3/c1-2-3-4-5-6-7-12-15(21)17-16-18-20(23)14-11-9-8-10-13(14)19(16)22/h8-11H,2-7,12H2,1H3,(H,17,18,21). The second-order valence-electron chi connectivity index (χ2n) is 5.55. The SMILES string of the molecule is CCCCCCCCC(=O)Nc1n[n+]([O-])c2ccccc2[n+]1[O-]. The molecule has 0 spiro atoms. The predicted molar refractivity (Wildman–Crippen MR) is 86.3 cm³/mol. The number of nitrogens with one attached hydrogen (secondary N) is 1. The third-order valence-corrected chi connectivity index (χ3v) is 3.69. The summed E-state index contributed by atoms with van der Waals surface area (Å²) in [5.74, 6) is -0.581. The highest BCUT2D eigenvalue weighted by molar-refractivity contribution is 5.88. The molecule has 1 amide bonds. The van der Waals surface area contributed by atoms with Gasteiger partial charge in [0.05, 0.1) is 0 Å². The number of hydrogen-bond acceptors (Lipinski definition) is 4. The summed E-state index contributed by atoms with van der Waals surface area (Å²) in [7, 11) is 0. The number of anilines is 1. The summed E-state index contributed by atoms with van der Waals surface area (Å²) in [4.78, 5) is 12.2. The molecule has 2 aromatic rings. The van der Waals surface area contributed by atoms with Gasteiger partial charge in [0.15, 0.2) is 5.52 Å². The van der Waals surface area contributed by atoms with E-state index >= 15 is 0 Å². The molecule has 0 aliphatic rings. The van der Waals surface area contributed by atoms with Crippen LogP contribution in [0.1, 0.15) is 51.9 Å². The van der Waals surface area contributed by atoms with Crippen LogP contribution in [0.4, 0.5) is 5.95 Å². The fraction of sp³-hybridized carbons (Fsp3) is 0.500. The first kappa shape index (κ1) is 16.9. The van der Waals surface area contributed by atoms with Crippen molar-refractivity contribution in [1.29, 1.82) is 0 Å². The number of amides is 1. The zero-order valence-electron chi connectivity index (χ0n) is 13.3. The van der Waals surface area contributed by atoms with Gasteiger partial charge in [-0.15, -0.1) is 0 Å². The monoisotopic (exact) mass is 318 g/mol. The fourth-order valence-corrected chi connectivity index (χ4v) is 2.42. The molecular formula is C16H22N4O3. The average molecular weight is 318 g/mol. The minimum Gasteiger partial charge on any atom is -0.739 e. The number of carbonyl (C=O) groups is 1. The second-order valence-corrected chi connectivity index (χ2v) is 5.55. The van der Waals surface area contributed by atoms with Gasteiger partial charge in [-0.25, -0.2) is 10.0 Å². The summed E-state index contributed by atoms with van der Waals surface area (Å²) in [5, 5.41) is 30.0. The molecule has 0 saturated carbocycles. The lowest BCUT2D eigenvalue weighted by molar-refractivity contribution is -0.672. The van der Waals surface area contributed by atoms with Crippen molar-refractivity contribution in [3.63, 3.8) is 0 Å². The Morgan fingerprint density at radius 1 is 1.09 bits per heavy atom. The molecule has 0 saturated heterocycles. The van der Waals surface area contributed by atoms with Crippen molar-refractivity contribution >= 4 is 22.9 Å². The van der Waals surface area contributed by atoms with Gasteiger partial charge in [-0.1, -0.05) is 51.2 Å². The van der Waals surface area contributed by atoms with Crippen LogP contribution >= 0.6 is 0 Å². The molecule has 1 heterocycles. The van der Waals surface area contributed by atoms with Crippen molar-refractivity contribution in [1.82, 2.24) is 5.10 Å². The first-order valence-corrected chi connectivity index (χ1v) is 8.05. The van der Waals surface area contributed by atoms with Crippen molar-refractivity contribution in [2.75, 3.05) is 5.32 Å². The number of hydrogen-bond donors (Lipinski definition) is 1. The van der Waals surface area contributed by atoms with Gasteiger partial charge in [0.2, 0.25) is 5.10 Å². The number of para-hydroxylation sites is 2. The lowest BCUT2D eigenvalue weighted by Gasteiger charge is -2.09. The third kappa shape index (κ3) is 4.51. The molecule has 7 nitrogen and oxygen atoms in total. The van der Waals surface area contributed by atoms with E-state index in [4.69, 9.17) is 0 Å². The maximum absolute atomic E-state index is 12.2. The Bertz CT molecular complexity index is 676. The zero-order chi connectivity index (χ0) is 16.7. The molecule has 0 unspecified atom stereocenters. The van der Waals surface area contributed by atoms with E-state index < -0.39 is 0 Å². The van der Waals surface area contributed by atoms with Crippen molar-refractivity contribution < 1.29 is 14.4 Å². The van der Waals surface area contributed by atoms with Crippen LogP contribution in [0.3, 0.4) is 0 Å². The van der Waals surface area contributed by atoms with Crippen LogP contribution in [0.25, 0.3) is 11.0 Å². The van der Waals surface area contributed by atoms with Gasteiger partial charge in [-0.05, 0) is 12.5 Å². The quantitative estimate of drug-likeness (QED) is 0.458. The van der Waals surface area contributed by atoms with Crippen LogP contribution in [0, 0.1) is 10.4 Å². The van der Waals surface area contributed by atoms with E-state index in [0.29, 0.717) is 16.0 Å². The Balaban J connectivity index is 1.93. The first-order valence-electron chi connectivity index (χ1n) is 8.05. The normalized spacial score (nSPS) is 10.8. The van der Waals surface area contributed by atoms with E-state index in [-0.39, 0.29) is 22.9 Å². The Labute approximate surface area is 135 Å². The third-order valence-electron chi connectivity index (χ3n) is 3.69. The van der Waals surface area contributed by atoms with Gasteiger partial charge in [-0.3, -0.25) is 4.79 Å². The Kier molecular flexibility index (Phi) is 6.08. The van der Waals surface area contributed by atoms with E-state index in [1.165, 1.54) is 31.4 Å². The van der Waals surface area contributed by atoms with Crippen LogP contribution in [0.5, 0.6) is 0 Å². The molecule has 0 radical (unpaired) electrons. The fourth-order valence-electron chi connectivity index (χ4n) is 2.42. The number of fused-ring (bicyclic) bond motifs is 1. The molecule has 0 atom stereocenters. The minimum atomic E-state index is -0.298. The predicted octanol–water partition coefficient (Wildman–Crippen LogP) is 2.19. The molecule has 23 heavy (non-hydrogen) atoms. The highest BCUT2D eigenvalue weighted by Crippen LogP contribution is 2.09. The Hall–Kier alpha value is -2.44. The van der Waals surface area contributed by atoms with Crippen molar-refractivity contribution in [3.8, 4) is 0 Å². The van der Waals surface area contributed by atoms with Crippen molar-refractivity contribution in [2.45, 2.75) is 51.9 Å². The molecule has 7 heteroatoms. The summed E-state index contributed by atoms with van der Waals surface area (Å²) in [6.07, 6.45) is 6.76. The summed E-state index contributed by atoms with van der Waals surface area (Å²) in [6, 6.07) is 6.32. The topological polar surface area (TPSA) is 95.9 Å². The average Bonchev–Trinajstić information content (AvgIpc) is 2.55. The molecule has 1 N–H and O–H groups in total. The highest BCUT2D eigenvalue weighted by Gasteiger charge is 2.21. The van der Waals surface area contributed by atoms with Gasteiger partial charge < -0.3 is 10.4 Å². The van der Waals surface area contributed by atoms with Crippen LogP contribution in [0.15, 0.2) is 24.3 Å². The van der Waals surface area contributed by atoms with Crippen LogP contribution < -0.4 is 14.9 Å². The summed E-state index contributed by atoms with van der Waals surface area (Å²) >= 11 is 0. The van der Waals surface area contributed by atoms with E-state index in [1.807, 2.05) is 0 Å². The number of nitrogens with zero attached hydrogens (tertiary/aromatic N) is 3. The van der Waals surface area contributed by atoms with Gasteiger partial charge >= 0.3 is 5.95 Å². The molecule has 2 rings (SSSR count). The molecule has 0 aliphatic carbocycles. The smallest absolute Gasteiger partial charge is 0.468 e. The van der Waals surface area contributed by atoms with Gasteiger partial charge in [0, 0.05) is 17.3 Å². The number of benzene rings is 1. The molecular weight excluding hydrogens is 296 g/mol. The van der Waals surface area contributed by atoms with E-state index in [9.17, 15) is 15.2 Å². The number of rotatable bonds is 8. The molecule has 1 aromatic heterocycles. The summed E-state index contributed by atoms with van der Waals surface area (Å²) < 4.78 is 0.475. The Morgan fingerprint density at radius 2 is 1.74 bits per heavy atom. The highest BCUT2D eigenvalue weighted by atomic mass is 16.5. The van der Waals surface area contributed by atoms with Gasteiger partial charge in [0.25, 0.3) is 11.4 Å². The molecule has 0 aliphatic heterocycles. The molecule has 0 bridgehead atoms. The maximum atomic E-state index is 12.2. The maximum Gasteiger partial charge on any atom is 0.468 e. The summed E-state index contributed by atoms with van der Waals surface area (Å²) in [6.45, 7) is 2.16. The summed E-state index contributed by atoms with van der Waals surface area (Å²) in [5.41, 5.74) is 0.337. The lowest BCUT2D eigenvalue weighted by atomic mass is 10.1. The largest absolute Gasteiger partial charge is 0.739 e. The van der Waals surface area contributed by atoms with Crippen molar-refractivity contribution in [2.24, 2.45) is 0 Å². The van der Waals surface area contributed by atoms with Crippen LogP contribution in [-0.4, -0.2) is 11.0 Å². The van der Waals surface area contributed by atoms with Crippen LogP contribution in [-0.2, 0) is 4.79 Å². The molecule has 0 fully saturated rings. The lowest BCUT2D eigenvalue weighted by Crippen LogP contribution is -2.44. The van der Waals surface area contributed by atoms with E-state index in [0.717, 1.165) is 19.3 Å². The van der Waals surface area contributed by atoms with E-state index in [1.54, 1.807) is 12.1 Å². The van der Waals surface area contributed by atoms with Gasteiger partial charge in [-0.2, -0.15) is 0 Å². The van der Waals surface area contributed by atoms with E-state index in [2.05, 4.69) is 17.3 Å². The number of unbranched alkanes of at least 4 members (excludes halogenated alkanes) is 5. The first-order chi connectivity index (χ1) is 11.1. The number of carbonyl (C=O) groups excluding carboxylic acids is 1. The molecule has 1 aromatic carbocycles. The number of aromatic nitrogens is 3. The Morgan fingerprint density at radius 3 is 2.48 bits per heavy atom. The van der Waals surface area contributed by atoms with Crippen molar-refractivity contribution in [3.05, 3.63) is 34.7 Å². The minimum absolute atomic E-state index is 0.163. The second kappa shape index (κ2) is 8.26. The molecule has 124 valence electrons. The zero-order valence-corrected chi connectivity index (χ0v) is 13.3. The van der Waals surface area contributed by atoms with Crippen LogP contribution in [0.2, 0.25) is 0 Å².